The van der Waals surface area contributed by atoms with Crippen LogP contribution in [0.4, 0.5) is 22.7 Å². The Bertz CT molecular complexity index is 4400. The number of benzene rings is 6. The SMILES string of the molecule is Cc1cc(C)c(B2CC3=C4C(CC(n5c6c(c7cccc(N8c9ccccc9C9C=CC=CC98)c75)C=CCC6C5CC6=C(CCC=C6)C6C=CC=CC65)=C3)B(c3c(C)cc(C)cc3C)c3cc(C(C)(C)C)ccc3N4c3ccc(C(C)(C)C)cc32)c(C)c1. The lowest BCUT2D eigenvalue weighted by Gasteiger charge is -2.47. The fraction of sp³-hybridized carbons (Fsp3) is 0.325. The van der Waals surface area contributed by atoms with Gasteiger partial charge in [-0.1, -0.05) is 243 Å². The summed E-state index contributed by atoms with van der Waals surface area (Å²) in [6, 6.07) is 42.0. The van der Waals surface area contributed by atoms with Gasteiger partial charge in [-0.15, -0.1) is 0 Å². The first-order valence-corrected chi connectivity index (χ1v) is 33.4. The number of aromatic nitrogens is 1. The largest absolute Gasteiger partial charge is 0.332 e. The van der Waals surface area contributed by atoms with E-state index in [0.29, 0.717) is 17.8 Å². The second-order valence-electron chi connectivity index (χ2n) is 30.1. The highest BCUT2D eigenvalue weighted by molar-refractivity contribution is 6.90. The van der Waals surface area contributed by atoms with Gasteiger partial charge in [0.2, 0.25) is 13.4 Å². The quantitative estimate of drug-likeness (QED) is 0.159. The molecule has 7 atom stereocenters. The van der Waals surface area contributed by atoms with Gasteiger partial charge in [0.15, 0.2) is 0 Å². The van der Waals surface area contributed by atoms with Gasteiger partial charge in [0.1, 0.15) is 0 Å². The summed E-state index contributed by atoms with van der Waals surface area (Å²) in [5, 5.41) is 1.37. The summed E-state index contributed by atoms with van der Waals surface area (Å²) in [6.07, 6.45) is 38.6. The minimum atomic E-state index is -0.0516. The molecule has 3 nitrogen and oxygen atoms in total. The van der Waals surface area contributed by atoms with Gasteiger partial charge in [0, 0.05) is 62.9 Å². The van der Waals surface area contributed by atoms with E-state index in [0.717, 1.165) is 32.0 Å². The minimum Gasteiger partial charge on any atom is -0.332 e. The standard InChI is InChI=1S/C83H85B2N3/c1-49-39-51(3)77(52(4)40-49)84-48-56-43-59(47-71-79(56)88(74-37-35-57(45-69(74)84)82(7,8)9)75-38-36-58(83(10,11)12)46-70(75)85(71)78-53(5)41-50(2)42-54(78)6)86-80-65(29-21-30-67(80)68-44-55-23-13-14-24-60(55)61-25-15-16-26-62(61)68)66-31-22-34-76(81(66)86)87-72-32-19-17-27-63(72)64-28-18-20-33-73(64)87/h13,15-23,25-29,31-43,45-46,61-63,67-68,71-72H,14,24,30,44,47-48H2,1-12H3. The fourth-order valence-corrected chi connectivity index (χ4v) is 19.0. The van der Waals surface area contributed by atoms with Gasteiger partial charge >= 0.3 is 0 Å². The summed E-state index contributed by atoms with van der Waals surface area (Å²) in [5.41, 5.74) is 35.5. The first-order chi connectivity index (χ1) is 42.4. The Hall–Kier alpha value is -7.75. The van der Waals surface area contributed by atoms with Crippen LogP contribution >= 0.6 is 0 Å². The lowest BCUT2D eigenvalue weighted by Crippen LogP contribution is -2.56. The number of allylic oxidation sites excluding steroid dienone is 15. The molecule has 0 fully saturated rings. The van der Waals surface area contributed by atoms with E-state index in [9.17, 15) is 0 Å². The van der Waals surface area contributed by atoms with E-state index < -0.39 is 0 Å². The van der Waals surface area contributed by atoms with Crippen LogP contribution < -0.4 is 31.7 Å². The Kier molecular flexibility index (Phi) is 12.9. The first kappa shape index (κ1) is 55.6. The molecule has 0 radical (unpaired) electrons. The molecule has 5 heteroatoms. The minimum absolute atomic E-state index is 0.0385. The van der Waals surface area contributed by atoms with E-state index in [4.69, 9.17) is 0 Å². The fourth-order valence-electron chi connectivity index (χ4n) is 19.0. The van der Waals surface area contributed by atoms with Crippen molar-refractivity contribution in [3.8, 4) is 0 Å². The molecule has 7 unspecified atom stereocenters. The molecule has 7 aromatic rings. The highest BCUT2D eigenvalue weighted by Crippen LogP contribution is 2.59. The van der Waals surface area contributed by atoms with Crippen molar-refractivity contribution in [3.05, 3.63) is 260 Å². The molecule has 1 aromatic heterocycles. The van der Waals surface area contributed by atoms with Crippen LogP contribution in [0.5, 0.6) is 0 Å². The smallest absolute Gasteiger partial charge is 0.222 e. The number of para-hydroxylation sites is 2. The van der Waals surface area contributed by atoms with E-state index in [1.807, 2.05) is 0 Å². The number of hydrogen-bond acceptors (Lipinski definition) is 2. The summed E-state index contributed by atoms with van der Waals surface area (Å²) < 4.78 is 2.97. The van der Waals surface area contributed by atoms with E-state index in [2.05, 4.69) is 280 Å². The highest BCUT2D eigenvalue weighted by atomic mass is 15.2. The van der Waals surface area contributed by atoms with Crippen LogP contribution in [0.15, 0.2) is 198 Å². The Morgan fingerprint density at radius 2 is 1.22 bits per heavy atom. The summed E-state index contributed by atoms with van der Waals surface area (Å²) in [7, 11) is 0. The third-order valence-electron chi connectivity index (χ3n) is 22.6. The Labute approximate surface area is 525 Å². The molecule has 88 heavy (non-hydrogen) atoms. The zero-order chi connectivity index (χ0) is 60.4. The molecule has 438 valence electrons. The summed E-state index contributed by atoms with van der Waals surface area (Å²) in [5.74, 6) is 1.95. The van der Waals surface area contributed by atoms with E-state index >= 15 is 0 Å². The number of aryl methyl sites for hydroxylation is 6. The molecule has 6 aromatic carbocycles. The van der Waals surface area contributed by atoms with Gasteiger partial charge in [-0.3, -0.25) is 0 Å². The Balaban J connectivity index is 1.02. The van der Waals surface area contributed by atoms with E-state index in [-0.39, 0.29) is 48.0 Å². The van der Waals surface area contributed by atoms with Gasteiger partial charge in [-0.25, -0.2) is 0 Å². The maximum Gasteiger partial charge on any atom is 0.222 e. The van der Waals surface area contributed by atoms with Gasteiger partial charge < -0.3 is 14.4 Å². The van der Waals surface area contributed by atoms with Crippen molar-refractivity contribution in [2.24, 2.45) is 17.8 Å². The molecule has 3 aliphatic heterocycles. The molecule has 0 saturated heterocycles. The van der Waals surface area contributed by atoms with Crippen LogP contribution in [0.2, 0.25) is 12.1 Å². The maximum atomic E-state index is 2.97. The van der Waals surface area contributed by atoms with Gasteiger partial charge in [0.25, 0.3) is 0 Å². The second kappa shape index (κ2) is 20.4. The van der Waals surface area contributed by atoms with E-state index in [1.54, 1.807) is 11.1 Å². The van der Waals surface area contributed by atoms with Crippen molar-refractivity contribution in [3.63, 3.8) is 0 Å². The van der Waals surface area contributed by atoms with Crippen LogP contribution in [0, 0.1) is 59.3 Å². The number of fused-ring (bicyclic) bond motifs is 12. The zero-order valence-electron chi connectivity index (χ0n) is 54.1. The van der Waals surface area contributed by atoms with Crippen LogP contribution in [0.25, 0.3) is 22.7 Å². The number of rotatable bonds is 5. The van der Waals surface area contributed by atoms with Crippen molar-refractivity contribution in [2.45, 2.75) is 156 Å². The molecule has 0 amide bonds. The van der Waals surface area contributed by atoms with Crippen LogP contribution in [-0.2, 0) is 10.8 Å². The van der Waals surface area contributed by atoms with Crippen LogP contribution in [0.1, 0.15) is 147 Å². The molecule has 9 aliphatic rings. The Morgan fingerprint density at radius 1 is 0.568 bits per heavy atom. The number of anilines is 4. The average molecular weight is 1150 g/mol. The van der Waals surface area contributed by atoms with Crippen molar-refractivity contribution in [2.75, 3.05) is 9.80 Å². The predicted molar refractivity (Wildman–Crippen MR) is 379 cm³/mol. The molecule has 0 saturated carbocycles. The average Bonchev–Trinajstić information content (AvgIpc) is 1.40. The van der Waals surface area contributed by atoms with E-state index in [1.165, 1.54) is 140 Å². The monoisotopic (exact) mass is 1150 g/mol. The summed E-state index contributed by atoms with van der Waals surface area (Å²) >= 11 is 0. The predicted octanol–water partition coefficient (Wildman–Crippen LogP) is 18.3. The first-order valence-electron chi connectivity index (χ1n) is 33.4. The summed E-state index contributed by atoms with van der Waals surface area (Å²) in [4.78, 5) is 5.58. The molecule has 16 rings (SSSR count). The third kappa shape index (κ3) is 8.51. The molecule has 4 heterocycles. The number of hydrogen-bond donors (Lipinski definition) is 0. The van der Waals surface area contributed by atoms with Gasteiger partial charge in [-0.05, 0) is 178 Å². The van der Waals surface area contributed by atoms with Crippen molar-refractivity contribution in [1.82, 2.24) is 4.57 Å². The zero-order valence-corrected chi connectivity index (χ0v) is 54.1. The third-order valence-corrected chi connectivity index (χ3v) is 22.6. The molecule has 0 spiro atoms. The topological polar surface area (TPSA) is 11.4 Å². The highest BCUT2D eigenvalue weighted by Gasteiger charge is 2.51. The lowest BCUT2D eigenvalue weighted by molar-refractivity contribution is 0.258. The van der Waals surface area contributed by atoms with Crippen molar-refractivity contribution < 1.29 is 0 Å². The second-order valence-corrected chi connectivity index (χ2v) is 30.1. The number of nitrogens with zero attached hydrogens (tertiary/aromatic N) is 3. The van der Waals surface area contributed by atoms with Gasteiger partial charge in [-0.2, -0.15) is 0 Å². The summed E-state index contributed by atoms with van der Waals surface area (Å²) in [6.45, 7) is 28.8. The van der Waals surface area contributed by atoms with Crippen molar-refractivity contribution in [1.29, 1.82) is 0 Å². The Morgan fingerprint density at radius 3 is 1.94 bits per heavy atom. The van der Waals surface area contributed by atoms with Crippen molar-refractivity contribution >= 4 is 80.7 Å². The lowest BCUT2D eigenvalue weighted by atomic mass is 9.29. The molecular weight excluding hydrogens is 1060 g/mol. The van der Waals surface area contributed by atoms with Crippen LogP contribution in [-0.4, -0.2) is 24.0 Å². The molecular formula is C83H85B2N3. The van der Waals surface area contributed by atoms with Gasteiger partial charge in [0.05, 0.1) is 17.2 Å². The van der Waals surface area contributed by atoms with Crippen LogP contribution in [0.3, 0.4) is 0 Å². The normalized spacial score (nSPS) is 23.8. The molecule has 0 N–H and O–H groups in total. The molecule has 6 aliphatic carbocycles. The molecule has 0 bridgehead atoms. The maximum absolute atomic E-state index is 2.97.